The number of rotatable bonds is 5. The van der Waals surface area contributed by atoms with Crippen molar-refractivity contribution in [1.82, 2.24) is 24.9 Å². The van der Waals surface area contributed by atoms with E-state index in [0.29, 0.717) is 11.6 Å². The molecule has 0 spiro atoms. The van der Waals surface area contributed by atoms with E-state index in [0.717, 1.165) is 11.5 Å². The zero-order valence-electron chi connectivity index (χ0n) is 19.3. The molecule has 2 aromatic heterocycles. The van der Waals surface area contributed by atoms with Crippen LogP contribution in [0.5, 0.6) is 0 Å². The van der Waals surface area contributed by atoms with Crippen molar-refractivity contribution in [3.63, 3.8) is 0 Å². The summed E-state index contributed by atoms with van der Waals surface area (Å²) in [5.74, 6) is 0.000385. The van der Waals surface area contributed by atoms with E-state index in [-0.39, 0.29) is 35.3 Å². The lowest BCUT2D eigenvalue weighted by atomic mass is 9.85. The highest BCUT2D eigenvalue weighted by atomic mass is 19.1. The van der Waals surface area contributed by atoms with Gasteiger partial charge in [-0.15, -0.1) is 0 Å². The van der Waals surface area contributed by atoms with Gasteiger partial charge in [0.05, 0.1) is 0 Å². The van der Waals surface area contributed by atoms with Gasteiger partial charge in [-0.25, -0.2) is 9.37 Å². The van der Waals surface area contributed by atoms with Gasteiger partial charge in [-0.3, -0.25) is 9.59 Å². The van der Waals surface area contributed by atoms with E-state index in [2.05, 4.69) is 27.3 Å². The van der Waals surface area contributed by atoms with Crippen LogP contribution in [0, 0.1) is 18.7 Å². The van der Waals surface area contributed by atoms with Crippen LogP contribution in [0.2, 0.25) is 0 Å². The van der Waals surface area contributed by atoms with Crippen LogP contribution in [-0.2, 0) is 6.54 Å². The number of nitrogens with two attached hydrogens (primary N) is 1. The van der Waals surface area contributed by atoms with Crippen molar-refractivity contribution in [3.8, 4) is 0 Å². The number of ketones is 1. The highest BCUT2D eigenvalue weighted by molar-refractivity contribution is 5.98. The minimum Gasteiger partial charge on any atom is -0.347 e. The first-order valence-corrected chi connectivity index (χ1v) is 11.3. The number of nitrogens with zero attached hydrogens (tertiary/aromatic N) is 4. The molecule has 9 heteroatoms. The lowest BCUT2D eigenvalue weighted by Crippen LogP contribution is -2.27. The van der Waals surface area contributed by atoms with Gasteiger partial charge in [-0.1, -0.05) is 31.4 Å². The first-order valence-electron chi connectivity index (χ1n) is 11.3. The lowest BCUT2D eigenvalue weighted by molar-refractivity contribution is 0.0946. The number of aromatic nitrogens is 4. The van der Waals surface area contributed by atoms with Crippen molar-refractivity contribution in [1.29, 1.82) is 0 Å². The molecule has 1 aliphatic rings. The number of benzene rings is 1. The summed E-state index contributed by atoms with van der Waals surface area (Å²) < 4.78 is 14.5. The average molecular weight is 455 g/mol. The summed E-state index contributed by atoms with van der Waals surface area (Å²) in [4.78, 5) is 32.0. The summed E-state index contributed by atoms with van der Waals surface area (Å²) in [5, 5.41) is 6.60. The maximum Gasteiger partial charge on any atom is 0.270 e. The Morgan fingerprint density at radius 3 is 2.58 bits per heavy atom. The fraction of sp³-hybridized carbons (Fsp3) is 0.458. The Morgan fingerprint density at radius 2 is 1.97 bits per heavy atom. The number of carbonyl (C=O) groups excluding carboxylic acids is 2. The third-order valence-electron chi connectivity index (χ3n) is 5.91. The van der Waals surface area contributed by atoms with Crippen LogP contribution in [0.3, 0.4) is 0 Å². The van der Waals surface area contributed by atoms with E-state index < -0.39 is 5.91 Å². The summed E-state index contributed by atoms with van der Waals surface area (Å²) in [5.41, 5.74) is 7.32. The molecule has 0 unspecified atom stereocenters. The topological polar surface area (TPSA) is 115 Å². The second-order valence-corrected chi connectivity index (χ2v) is 8.58. The van der Waals surface area contributed by atoms with E-state index in [4.69, 9.17) is 5.73 Å². The van der Waals surface area contributed by atoms with Crippen LogP contribution >= 0.6 is 0 Å². The maximum atomic E-state index is 13.3. The molecule has 1 aliphatic carbocycles. The van der Waals surface area contributed by atoms with Gasteiger partial charge in [0, 0.05) is 19.5 Å². The molecular formula is C24H31FN6O2. The molecule has 0 aliphatic heterocycles. The Balaban J connectivity index is 0.000000286. The molecule has 3 aromatic rings. The van der Waals surface area contributed by atoms with Crippen molar-refractivity contribution in [2.45, 2.75) is 65.5 Å². The third-order valence-corrected chi connectivity index (χ3v) is 5.91. The zero-order valence-corrected chi connectivity index (χ0v) is 19.3. The Bertz CT molecular complexity index is 1120. The summed E-state index contributed by atoms with van der Waals surface area (Å²) in [7, 11) is 0. The highest BCUT2D eigenvalue weighted by Gasteiger charge is 2.17. The first kappa shape index (κ1) is 24.4. The van der Waals surface area contributed by atoms with Crippen molar-refractivity contribution >= 4 is 17.5 Å². The highest BCUT2D eigenvalue weighted by Crippen LogP contribution is 2.25. The van der Waals surface area contributed by atoms with Crippen molar-refractivity contribution < 1.29 is 14.0 Å². The van der Waals surface area contributed by atoms with Crippen LogP contribution in [0.1, 0.15) is 78.1 Å². The number of carbonyl (C=O) groups is 2. The largest absolute Gasteiger partial charge is 0.347 e. The number of Topliss-reactive ketones (excluding diaryl/α,β-unsaturated/α-hetero) is 1. The Kier molecular flexibility index (Phi) is 8.21. The summed E-state index contributed by atoms with van der Waals surface area (Å²) >= 11 is 0. The molecule has 4 rings (SSSR count). The fourth-order valence-electron chi connectivity index (χ4n) is 3.93. The fourth-order valence-corrected chi connectivity index (χ4v) is 3.93. The van der Waals surface area contributed by atoms with Gasteiger partial charge in [0.1, 0.15) is 23.5 Å². The van der Waals surface area contributed by atoms with Gasteiger partial charge < -0.3 is 11.1 Å². The van der Waals surface area contributed by atoms with Crippen LogP contribution in [-0.4, -0.2) is 37.3 Å². The van der Waals surface area contributed by atoms with E-state index >= 15 is 0 Å². The average Bonchev–Trinajstić information content (AvgIpc) is 3.28. The summed E-state index contributed by atoms with van der Waals surface area (Å²) in [6.07, 6.45) is 8.26. The quantitative estimate of drug-likeness (QED) is 0.569. The molecule has 0 saturated heterocycles. The predicted octanol–water partition coefficient (Wildman–Crippen LogP) is 3.62. The van der Waals surface area contributed by atoms with Gasteiger partial charge in [0.2, 0.25) is 0 Å². The molecule has 8 nitrogen and oxygen atoms in total. The Hall–Kier alpha value is -3.20. The monoisotopic (exact) mass is 454 g/mol. The minimum absolute atomic E-state index is 0.0690. The Labute approximate surface area is 192 Å². The van der Waals surface area contributed by atoms with Crippen LogP contribution in [0.4, 0.5) is 4.39 Å². The molecule has 1 atom stereocenters. The molecular weight excluding hydrogens is 423 g/mol. The molecule has 1 fully saturated rings. The van der Waals surface area contributed by atoms with Gasteiger partial charge in [-0.2, -0.15) is 14.6 Å². The van der Waals surface area contributed by atoms with Gasteiger partial charge >= 0.3 is 0 Å². The molecule has 1 amide bonds. The van der Waals surface area contributed by atoms with E-state index in [1.165, 1.54) is 62.0 Å². The number of nitrogens with one attached hydrogen (secondary N) is 1. The van der Waals surface area contributed by atoms with E-state index in [9.17, 15) is 14.0 Å². The normalized spacial score (nSPS) is 14.9. The van der Waals surface area contributed by atoms with E-state index in [1.807, 2.05) is 0 Å². The smallest absolute Gasteiger partial charge is 0.270 e. The molecule has 0 radical (unpaired) electrons. The molecule has 3 N–H and O–H groups in total. The number of fused-ring (bicyclic) bond motifs is 1. The number of amides is 1. The number of halogens is 1. The molecule has 0 bridgehead atoms. The van der Waals surface area contributed by atoms with Gasteiger partial charge in [-0.05, 0) is 55.9 Å². The predicted molar refractivity (Wildman–Crippen MR) is 123 cm³/mol. The summed E-state index contributed by atoms with van der Waals surface area (Å²) in [6, 6.07) is 6.41. The lowest BCUT2D eigenvalue weighted by Gasteiger charge is -2.24. The van der Waals surface area contributed by atoms with E-state index in [1.54, 1.807) is 19.1 Å². The first-order chi connectivity index (χ1) is 15.8. The SMILES string of the molecule is CC(=O)c1cc(C(=O)NCc2ccc(F)c(C)c2)nc2ncnn12.C[C@@H](N)C1CCCCC1. The molecule has 33 heavy (non-hydrogen) atoms. The summed E-state index contributed by atoms with van der Waals surface area (Å²) in [6.45, 7) is 5.38. The van der Waals surface area contributed by atoms with Crippen molar-refractivity contribution in [3.05, 3.63) is 58.9 Å². The zero-order chi connectivity index (χ0) is 24.0. The molecule has 2 heterocycles. The second kappa shape index (κ2) is 11.1. The van der Waals surface area contributed by atoms with Gasteiger partial charge in [0.15, 0.2) is 5.78 Å². The maximum absolute atomic E-state index is 13.3. The minimum atomic E-state index is -0.454. The number of aryl methyl sites for hydroxylation is 1. The standard InChI is InChI=1S/C16H14FN5O2.C8H17N/c1-9-5-11(3-4-12(9)17)7-18-15(24)13-6-14(10(2)23)22-16(21-13)19-8-20-22;1-7(9)8-5-3-2-4-6-8/h3-6,8H,7H2,1-2H3,(H,18,24);7-8H,2-6,9H2,1H3/t;7-/m.1/s1. The van der Waals surface area contributed by atoms with Crippen LogP contribution in [0.25, 0.3) is 5.78 Å². The van der Waals surface area contributed by atoms with Crippen molar-refractivity contribution in [2.75, 3.05) is 0 Å². The van der Waals surface area contributed by atoms with Crippen LogP contribution in [0.15, 0.2) is 30.6 Å². The van der Waals surface area contributed by atoms with Crippen LogP contribution < -0.4 is 11.1 Å². The van der Waals surface area contributed by atoms with Crippen molar-refractivity contribution in [2.24, 2.45) is 11.7 Å². The third kappa shape index (κ3) is 6.41. The molecule has 1 saturated carbocycles. The number of hydrogen-bond donors (Lipinski definition) is 2. The molecule has 1 aromatic carbocycles. The molecule has 176 valence electrons. The number of hydrogen-bond acceptors (Lipinski definition) is 6. The second-order valence-electron chi connectivity index (χ2n) is 8.58. The Morgan fingerprint density at radius 1 is 1.24 bits per heavy atom. The van der Waals surface area contributed by atoms with Gasteiger partial charge in [0.25, 0.3) is 11.7 Å².